The summed E-state index contributed by atoms with van der Waals surface area (Å²) >= 11 is 3.44. The number of carboxylic acid groups (broad SMARTS) is 1. The molecule has 0 radical (unpaired) electrons. The van der Waals surface area contributed by atoms with Crippen molar-refractivity contribution in [2.45, 2.75) is 19.3 Å². The lowest BCUT2D eigenvalue weighted by molar-refractivity contribution is -0.137. The van der Waals surface area contributed by atoms with Crippen molar-refractivity contribution in [1.29, 1.82) is 0 Å². The molecule has 0 saturated carbocycles. The average Bonchev–Trinajstić information content (AvgIpc) is 3.07. The molecule has 0 spiro atoms. The fraction of sp³-hybridized carbons (Fsp3) is 0.312. The molecule has 1 N–H and O–H groups in total. The van der Waals surface area contributed by atoms with Crippen molar-refractivity contribution >= 4 is 27.8 Å². The Labute approximate surface area is 141 Å². The number of amides is 1. The lowest BCUT2D eigenvalue weighted by Gasteiger charge is -2.13. The standard InChI is InChI=1S/C16H16BrN3O3/c1-19(9-14(21)22)16(23)15-12-6-3-7-13(12)20(18-15)11-5-2-4-10(17)8-11/h2,4-5,8H,3,6-7,9H2,1H3,(H,21,22). The predicted molar refractivity (Wildman–Crippen MR) is 87.9 cm³/mol. The van der Waals surface area contributed by atoms with Crippen LogP contribution in [0.3, 0.4) is 0 Å². The zero-order chi connectivity index (χ0) is 16.6. The molecule has 0 fully saturated rings. The van der Waals surface area contributed by atoms with Crippen LogP contribution in [-0.2, 0) is 17.6 Å². The van der Waals surface area contributed by atoms with Crippen LogP contribution in [-0.4, -0.2) is 45.3 Å². The number of aromatic nitrogens is 2. The summed E-state index contributed by atoms with van der Waals surface area (Å²) in [6, 6.07) is 7.73. The largest absolute Gasteiger partial charge is 0.480 e. The normalized spacial score (nSPS) is 13.0. The van der Waals surface area contributed by atoms with Crippen molar-refractivity contribution in [2.24, 2.45) is 0 Å². The third-order valence-corrected chi connectivity index (χ3v) is 4.40. The molecule has 1 amide bonds. The number of hydrogen-bond acceptors (Lipinski definition) is 3. The monoisotopic (exact) mass is 377 g/mol. The van der Waals surface area contributed by atoms with Crippen molar-refractivity contribution in [3.8, 4) is 5.69 Å². The second-order valence-electron chi connectivity index (χ2n) is 5.57. The van der Waals surface area contributed by atoms with Crippen LogP contribution >= 0.6 is 15.9 Å². The Morgan fingerprint density at radius 3 is 2.87 bits per heavy atom. The van der Waals surface area contributed by atoms with Crippen LogP contribution in [0.25, 0.3) is 5.69 Å². The lowest BCUT2D eigenvalue weighted by atomic mass is 10.2. The molecule has 120 valence electrons. The predicted octanol–water partition coefficient (Wildman–Crippen LogP) is 2.28. The summed E-state index contributed by atoms with van der Waals surface area (Å²) in [6.45, 7) is -0.336. The highest BCUT2D eigenvalue weighted by Crippen LogP contribution is 2.29. The molecule has 1 aromatic carbocycles. The summed E-state index contributed by atoms with van der Waals surface area (Å²) in [5, 5.41) is 13.3. The van der Waals surface area contributed by atoms with Crippen LogP contribution in [0, 0.1) is 0 Å². The maximum atomic E-state index is 12.5. The molecule has 0 saturated heterocycles. The summed E-state index contributed by atoms with van der Waals surface area (Å²) in [7, 11) is 1.48. The molecule has 0 atom stereocenters. The first-order valence-corrected chi connectivity index (χ1v) is 8.10. The van der Waals surface area contributed by atoms with Gasteiger partial charge < -0.3 is 10.0 Å². The number of halogens is 1. The number of likely N-dealkylation sites (N-methyl/N-ethyl adjacent to an activating group) is 1. The molecule has 7 heteroatoms. The van der Waals surface area contributed by atoms with Crippen molar-refractivity contribution < 1.29 is 14.7 Å². The molecule has 6 nitrogen and oxygen atoms in total. The van der Waals surface area contributed by atoms with E-state index in [1.807, 2.05) is 24.3 Å². The third kappa shape index (κ3) is 3.01. The van der Waals surface area contributed by atoms with Crippen LogP contribution < -0.4 is 0 Å². The third-order valence-electron chi connectivity index (χ3n) is 3.90. The minimum Gasteiger partial charge on any atom is -0.480 e. The first-order valence-electron chi connectivity index (χ1n) is 7.31. The topological polar surface area (TPSA) is 75.4 Å². The fourth-order valence-electron chi connectivity index (χ4n) is 2.89. The second-order valence-corrected chi connectivity index (χ2v) is 6.49. The number of fused-ring (bicyclic) bond motifs is 1. The zero-order valence-corrected chi connectivity index (χ0v) is 14.2. The van der Waals surface area contributed by atoms with Crippen LogP contribution in [0.1, 0.15) is 28.2 Å². The number of hydrogen-bond donors (Lipinski definition) is 1. The van der Waals surface area contributed by atoms with E-state index in [1.165, 1.54) is 11.9 Å². The minimum atomic E-state index is -1.04. The number of rotatable bonds is 4. The number of carbonyl (C=O) groups excluding carboxylic acids is 1. The number of benzene rings is 1. The van der Waals surface area contributed by atoms with E-state index < -0.39 is 5.97 Å². The van der Waals surface area contributed by atoms with Gasteiger partial charge in [0.1, 0.15) is 6.54 Å². The minimum absolute atomic E-state index is 0.336. The first kappa shape index (κ1) is 15.7. The molecular weight excluding hydrogens is 362 g/mol. The molecule has 1 heterocycles. The smallest absolute Gasteiger partial charge is 0.323 e. The van der Waals surface area contributed by atoms with Gasteiger partial charge in [-0.3, -0.25) is 9.59 Å². The van der Waals surface area contributed by atoms with E-state index in [0.717, 1.165) is 40.7 Å². The van der Waals surface area contributed by atoms with E-state index in [0.29, 0.717) is 5.69 Å². The zero-order valence-electron chi connectivity index (χ0n) is 12.6. The van der Waals surface area contributed by atoms with E-state index in [9.17, 15) is 9.59 Å². The van der Waals surface area contributed by atoms with Crippen LogP contribution in [0.15, 0.2) is 28.7 Å². The Bertz CT molecular complexity index is 785. The molecule has 0 bridgehead atoms. The van der Waals surface area contributed by atoms with E-state index >= 15 is 0 Å². The van der Waals surface area contributed by atoms with Gasteiger partial charge in [0.15, 0.2) is 5.69 Å². The highest BCUT2D eigenvalue weighted by atomic mass is 79.9. The van der Waals surface area contributed by atoms with Gasteiger partial charge in [0.05, 0.1) is 5.69 Å². The van der Waals surface area contributed by atoms with Gasteiger partial charge in [0.2, 0.25) is 0 Å². The summed E-state index contributed by atoms with van der Waals surface area (Å²) in [4.78, 5) is 24.5. The van der Waals surface area contributed by atoms with Gasteiger partial charge in [0, 0.05) is 22.8 Å². The average molecular weight is 378 g/mol. The number of aliphatic carboxylic acids is 1. The molecule has 23 heavy (non-hydrogen) atoms. The van der Waals surface area contributed by atoms with Gasteiger partial charge >= 0.3 is 5.97 Å². The van der Waals surface area contributed by atoms with Gasteiger partial charge in [0.25, 0.3) is 5.91 Å². The van der Waals surface area contributed by atoms with Crippen LogP contribution in [0.5, 0.6) is 0 Å². The Morgan fingerprint density at radius 2 is 2.17 bits per heavy atom. The molecule has 0 aliphatic heterocycles. The maximum Gasteiger partial charge on any atom is 0.323 e. The first-order chi connectivity index (χ1) is 11.0. The highest BCUT2D eigenvalue weighted by Gasteiger charge is 2.29. The van der Waals surface area contributed by atoms with Gasteiger partial charge in [-0.05, 0) is 37.5 Å². The number of nitrogens with zero attached hydrogens (tertiary/aromatic N) is 3. The van der Waals surface area contributed by atoms with E-state index in [4.69, 9.17) is 5.11 Å². The van der Waals surface area contributed by atoms with Crippen LogP contribution in [0.4, 0.5) is 0 Å². The van der Waals surface area contributed by atoms with Gasteiger partial charge in [-0.15, -0.1) is 0 Å². The van der Waals surface area contributed by atoms with E-state index in [1.54, 1.807) is 4.68 Å². The fourth-order valence-corrected chi connectivity index (χ4v) is 3.27. The van der Waals surface area contributed by atoms with Crippen molar-refractivity contribution in [3.63, 3.8) is 0 Å². The highest BCUT2D eigenvalue weighted by molar-refractivity contribution is 9.10. The van der Waals surface area contributed by atoms with Crippen molar-refractivity contribution in [2.75, 3.05) is 13.6 Å². The van der Waals surface area contributed by atoms with E-state index in [-0.39, 0.29) is 12.5 Å². The molecule has 1 aromatic heterocycles. The molecule has 3 rings (SSSR count). The summed E-state index contributed by atoms with van der Waals surface area (Å²) in [6.07, 6.45) is 2.64. The molecule has 0 unspecified atom stereocenters. The Balaban J connectivity index is 2.02. The summed E-state index contributed by atoms with van der Waals surface area (Å²) in [5.41, 5.74) is 3.22. The van der Waals surface area contributed by atoms with Gasteiger partial charge in [-0.25, -0.2) is 4.68 Å². The molecule has 1 aliphatic carbocycles. The van der Waals surface area contributed by atoms with E-state index in [2.05, 4.69) is 21.0 Å². The quantitative estimate of drug-likeness (QED) is 0.886. The Hall–Kier alpha value is -2.15. The molecular formula is C16H16BrN3O3. The number of carbonyl (C=O) groups is 2. The maximum absolute atomic E-state index is 12.5. The second kappa shape index (κ2) is 6.16. The molecule has 2 aromatic rings. The van der Waals surface area contributed by atoms with Gasteiger partial charge in [-0.2, -0.15) is 5.10 Å². The van der Waals surface area contributed by atoms with Gasteiger partial charge in [-0.1, -0.05) is 22.0 Å². The summed E-state index contributed by atoms with van der Waals surface area (Å²) in [5.74, 6) is -1.39. The lowest BCUT2D eigenvalue weighted by Crippen LogP contribution is -2.32. The Kier molecular flexibility index (Phi) is 4.21. The summed E-state index contributed by atoms with van der Waals surface area (Å²) < 4.78 is 2.74. The van der Waals surface area contributed by atoms with Crippen molar-refractivity contribution in [3.05, 3.63) is 45.7 Å². The van der Waals surface area contributed by atoms with Crippen molar-refractivity contribution in [1.82, 2.24) is 14.7 Å². The van der Waals surface area contributed by atoms with Crippen LogP contribution in [0.2, 0.25) is 0 Å². The number of carboxylic acids is 1. The SMILES string of the molecule is CN(CC(=O)O)C(=O)c1nn(-c2cccc(Br)c2)c2c1CCC2. The Morgan fingerprint density at radius 1 is 1.39 bits per heavy atom. The molecule has 1 aliphatic rings.